The van der Waals surface area contributed by atoms with Gasteiger partial charge in [0, 0.05) is 0 Å². The molecular formula is C15H30. The van der Waals surface area contributed by atoms with Crippen molar-refractivity contribution in [3.63, 3.8) is 0 Å². The molecule has 1 fully saturated rings. The Balaban J connectivity index is 2.53. The van der Waals surface area contributed by atoms with E-state index in [1.807, 2.05) is 0 Å². The van der Waals surface area contributed by atoms with Crippen molar-refractivity contribution in [3.8, 4) is 0 Å². The first kappa shape index (κ1) is 13.1. The van der Waals surface area contributed by atoms with Crippen LogP contribution >= 0.6 is 0 Å². The highest BCUT2D eigenvalue weighted by atomic mass is 14.4. The third kappa shape index (κ3) is 2.98. The standard InChI is InChI=1S/C15H30/c1-5-9-13(6-2)14-10-11-15(7-3,8-4)12-14/h13-14H,5-12H2,1-4H3. The van der Waals surface area contributed by atoms with Crippen molar-refractivity contribution in [3.05, 3.63) is 0 Å². The van der Waals surface area contributed by atoms with E-state index in [2.05, 4.69) is 27.7 Å². The van der Waals surface area contributed by atoms with Gasteiger partial charge >= 0.3 is 0 Å². The molecule has 0 spiro atoms. The number of hydrogen-bond donors (Lipinski definition) is 0. The van der Waals surface area contributed by atoms with E-state index in [0.717, 1.165) is 17.3 Å². The smallest absolute Gasteiger partial charge is 0.0300 e. The lowest BCUT2D eigenvalue weighted by molar-refractivity contribution is 0.228. The van der Waals surface area contributed by atoms with E-state index in [1.54, 1.807) is 0 Å². The van der Waals surface area contributed by atoms with Gasteiger partial charge in [-0.3, -0.25) is 0 Å². The molecule has 0 saturated heterocycles. The Labute approximate surface area is 96.8 Å². The topological polar surface area (TPSA) is 0 Å². The Hall–Kier alpha value is 0. The van der Waals surface area contributed by atoms with Gasteiger partial charge in [-0.15, -0.1) is 0 Å². The Morgan fingerprint density at radius 2 is 1.80 bits per heavy atom. The summed E-state index contributed by atoms with van der Waals surface area (Å²) in [5.41, 5.74) is 0.728. The second-order valence-corrected chi connectivity index (χ2v) is 5.67. The van der Waals surface area contributed by atoms with Gasteiger partial charge in [0.15, 0.2) is 0 Å². The molecule has 15 heavy (non-hydrogen) atoms. The minimum Gasteiger partial charge on any atom is -0.0654 e. The van der Waals surface area contributed by atoms with E-state index in [0.29, 0.717) is 0 Å². The van der Waals surface area contributed by atoms with Gasteiger partial charge in [0.1, 0.15) is 0 Å². The Morgan fingerprint density at radius 3 is 2.20 bits per heavy atom. The maximum atomic E-state index is 2.40. The average Bonchev–Trinajstić information content (AvgIpc) is 2.71. The van der Waals surface area contributed by atoms with Gasteiger partial charge in [-0.05, 0) is 36.5 Å². The van der Waals surface area contributed by atoms with E-state index in [1.165, 1.54) is 51.4 Å². The van der Waals surface area contributed by atoms with Crippen molar-refractivity contribution in [1.29, 1.82) is 0 Å². The molecule has 90 valence electrons. The summed E-state index contributed by atoms with van der Waals surface area (Å²) < 4.78 is 0. The van der Waals surface area contributed by atoms with Crippen LogP contribution in [0.25, 0.3) is 0 Å². The lowest BCUT2D eigenvalue weighted by Crippen LogP contribution is -2.17. The molecule has 2 unspecified atom stereocenters. The molecule has 0 aliphatic heterocycles. The fraction of sp³-hybridized carbons (Fsp3) is 1.00. The summed E-state index contributed by atoms with van der Waals surface area (Å²) in [6.07, 6.45) is 11.6. The first-order chi connectivity index (χ1) is 7.21. The summed E-state index contributed by atoms with van der Waals surface area (Å²) >= 11 is 0. The van der Waals surface area contributed by atoms with Gasteiger partial charge in [-0.25, -0.2) is 0 Å². The van der Waals surface area contributed by atoms with Crippen LogP contribution in [-0.2, 0) is 0 Å². The van der Waals surface area contributed by atoms with Crippen LogP contribution in [0.15, 0.2) is 0 Å². The van der Waals surface area contributed by atoms with Gasteiger partial charge < -0.3 is 0 Å². The third-order valence-electron chi connectivity index (χ3n) is 5.09. The summed E-state index contributed by atoms with van der Waals surface area (Å²) in [6, 6.07) is 0. The van der Waals surface area contributed by atoms with Crippen molar-refractivity contribution in [2.24, 2.45) is 17.3 Å². The Bertz CT molecular complexity index is 167. The van der Waals surface area contributed by atoms with Crippen molar-refractivity contribution >= 4 is 0 Å². The van der Waals surface area contributed by atoms with Crippen molar-refractivity contribution < 1.29 is 0 Å². The van der Waals surface area contributed by atoms with E-state index >= 15 is 0 Å². The first-order valence-corrected chi connectivity index (χ1v) is 7.21. The van der Waals surface area contributed by atoms with E-state index in [-0.39, 0.29) is 0 Å². The van der Waals surface area contributed by atoms with Gasteiger partial charge in [0.05, 0.1) is 0 Å². The molecule has 1 saturated carbocycles. The molecule has 0 aromatic rings. The zero-order valence-electron chi connectivity index (χ0n) is 11.3. The van der Waals surface area contributed by atoms with Gasteiger partial charge in [0.2, 0.25) is 0 Å². The molecule has 0 nitrogen and oxygen atoms in total. The minimum absolute atomic E-state index is 0.728. The maximum absolute atomic E-state index is 2.40. The quantitative estimate of drug-likeness (QED) is 0.549. The lowest BCUT2D eigenvalue weighted by Gasteiger charge is -2.28. The maximum Gasteiger partial charge on any atom is -0.0300 e. The second kappa shape index (κ2) is 5.92. The fourth-order valence-corrected chi connectivity index (χ4v) is 3.69. The predicted octanol–water partition coefficient (Wildman–Crippen LogP) is 5.42. The average molecular weight is 210 g/mol. The van der Waals surface area contributed by atoms with Crippen LogP contribution in [-0.4, -0.2) is 0 Å². The molecule has 0 radical (unpaired) electrons. The molecule has 1 aliphatic carbocycles. The summed E-state index contributed by atoms with van der Waals surface area (Å²) in [4.78, 5) is 0. The van der Waals surface area contributed by atoms with Gasteiger partial charge in [0.25, 0.3) is 0 Å². The molecule has 0 amide bonds. The third-order valence-corrected chi connectivity index (χ3v) is 5.09. The normalized spacial score (nSPS) is 26.8. The molecule has 0 bridgehead atoms. The monoisotopic (exact) mass is 210 g/mol. The molecule has 0 heteroatoms. The van der Waals surface area contributed by atoms with Gasteiger partial charge in [-0.2, -0.15) is 0 Å². The Kier molecular flexibility index (Phi) is 5.15. The molecule has 0 aromatic heterocycles. The van der Waals surface area contributed by atoms with Crippen LogP contribution in [0.5, 0.6) is 0 Å². The van der Waals surface area contributed by atoms with Crippen LogP contribution in [0, 0.1) is 17.3 Å². The second-order valence-electron chi connectivity index (χ2n) is 5.67. The number of rotatable bonds is 6. The number of hydrogen-bond acceptors (Lipinski definition) is 0. The molecule has 1 rings (SSSR count). The SMILES string of the molecule is CCCC(CC)C1CCC(CC)(CC)C1. The molecule has 0 aromatic carbocycles. The van der Waals surface area contributed by atoms with Gasteiger partial charge in [-0.1, -0.05) is 59.8 Å². The molecule has 0 N–H and O–H groups in total. The van der Waals surface area contributed by atoms with E-state index < -0.39 is 0 Å². The zero-order valence-corrected chi connectivity index (χ0v) is 11.3. The molecule has 1 aliphatic rings. The van der Waals surface area contributed by atoms with Crippen molar-refractivity contribution in [1.82, 2.24) is 0 Å². The van der Waals surface area contributed by atoms with Crippen molar-refractivity contribution in [2.45, 2.75) is 79.1 Å². The molecular weight excluding hydrogens is 180 g/mol. The van der Waals surface area contributed by atoms with Crippen LogP contribution in [0.3, 0.4) is 0 Å². The molecule has 2 atom stereocenters. The lowest BCUT2D eigenvalue weighted by atomic mass is 9.77. The minimum atomic E-state index is 0.728. The summed E-state index contributed by atoms with van der Waals surface area (Å²) in [7, 11) is 0. The highest BCUT2D eigenvalue weighted by molar-refractivity contribution is 4.89. The van der Waals surface area contributed by atoms with E-state index in [9.17, 15) is 0 Å². The van der Waals surface area contributed by atoms with Crippen LogP contribution < -0.4 is 0 Å². The first-order valence-electron chi connectivity index (χ1n) is 7.21. The van der Waals surface area contributed by atoms with Crippen molar-refractivity contribution in [2.75, 3.05) is 0 Å². The van der Waals surface area contributed by atoms with E-state index in [4.69, 9.17) is 0 Å². The highest BCUT2D eigenvalue weighted by Crippen LogP contribution is 2.50. The summed E-state index contributed by atoms with van der Waals surface area (Å²) in [5, 5.41) is 0. The molecule has 0 heterocycles. The summed E-state index contributed by atoms with van der Waals surface area (Å²) in [5.74, 6) is 2.07. The summed E-state index contributed by atoms with van der Waals surface area (Å²) in [6.45, 7) is 9.52. The van der Waals surface area contributed by atoms with Crippen LogP contribution in [0.2, 0.25) is 0 Å². The van der Waals surface area contributed by atoms with Crippen LogP contribution in [0.1, 0.15) is 79.1 Å². The fourth-order valence-electron chi connectivity index (χ4n) is 3.69. The van der Waals surface area contributed by atoms with Crippen LogP contribution in [0.4, 0.5) is 0 Å². The highest BCUT2D eigenvalue weighted by Gasteiger charge is 2.38. The zero-order chi connectivity index (χ0) is 11.3. The largest absolute Gasteiger partial charge is 0.0654 e. The predicted molar refractivity (Wildman–Crippen MR) is 69.0 cm³/mol. The Morgan fingerprint density at radius 1 is 1.13 bits per heavy atom.